The van der Waals surface area contributed by atoms with Crippen LogP contribution in [-0.2, 0) is 4.79 Å². The summed E-state index contributed by atoms with van der Waals surface area (Å²) in [5, 5.41) is 2.91. The Kier molecular flexibility index (Phi) is 5.30. The molecule has 1 saturated carbocycles. The van der Waals surface area contributed by atoms with E-state index >= 15 is 0 Å². The van der Waals surface area contributed by atoms with Crippen molar-refractivity contribution in [3.05, 3.63) is 59.7 Å². The molecule has 2 aliphatic rings. The summed E-state index contributed by atoms with van der Waals surface area (Å²) in [6.07, 6.45) is 2.50. The zero-order valence-electron chi connectivity index (χ0n) is 14.4. The van der Waals surface area contributed by atoms with Gasteiger partial charge >= 0.3 is 0 Å². The molecular weight excluding hydrogens is 350 g/mol. The molecule has 2 amide bonds. The van der Waals surface area contributed by atoms with Gasteiger partial charge in [-0.3, -0.25) is 9.59 Å². The van der Waals surface area contributed by atoms with Gasteiger partial charge in [0.1, 0.15) is 0 Å². The smallest absolute Gasteiger partial charge is 0.255 e. The Hall–Kier alpha value is -2.37. The number of halogens is 1. The summed E-state index contributed by atoms with van der Waals surface area (Å²) in [7, 11) is 0. The molecule has 136 valence electrons. The number of nitrogens with two attached hydrogens (primary N) is 1. The van der Waals surface area contributed by atoms with E-state index in [4.69, 9.17) is 5.73 Å². The third kappa shape index (κ3) is 3.74. The molecule has 2 aromatic rings. The molecule has 5 nitrogen and oxygen atoms in total. The lowest BCUT2D eigenvalue weighted by Gasteiger charge is -2.16. The van der Waals surface area contributed by atoms with Crippen molar-refractivity contribution in [1.82, 2.24) is 0 Å². The van der Waals surface area contributed by atoms with Gasteiger partial charge in [-0.1, -0.05) is 12.1 Å². The van der Waals surface area contributed by atoms with Crippen LogP contribution >= 0.6 is 12.4 Å². The van der Waals surface area contributed by atoms with Gasteiger partial charge in [0.05, 0.1) is 0 Å². The van der Waals surface area contributed by atoms with Crippen LogP contribution in [0.3, 0.4) is 0 Å². The highest BCUT2D eigenvalue weighted by Crippen LogP contribution is 2.39. The van der Waals surface area contributed by atoms with Gasteiger partial charge in [0.15, 0.2) is 0 Å². The van der Waals surface area contributed by atoms with Crippen molar-refractivity contribution in [2.75, 3.05) is 16.8 Å². The summed E-state index contributed by atoms with van der Waals surface area (Å²) >= 11 is 0. The first kappa shape index (κ1) is 18.4. The highest BCUT2D eigenvalue weighted by atomic mass is 35.5. The molecule has 1 heterocycles. The number of benzene rings is 2. The van der Waals surface area contributed by atoms with Crippen LogP contribution in [0, 0.1) is 0 Å². The van der Waals surface area contributed by atoms with Crippen LogP contribution in [0.4, 0.5) is 11.4 Å². The fourth-order valence-electron chi connectivity index (χ4n) is 3.36. The summed E-state index contributed by atoms with van der Waals surface area (Å²) < 4.78 is 0. The molecule has 26 heavy (non-hydrogen) atoms. The second kappa shape index (κ2) is 7.48. The average Bonchev–Trinajstić information content (AvgIpc) is 3.21. The van der Waals surface area contributed by atoms with Gasteiger partial charge in [-0.15, -0.1) is 12.4 Å². The number of amides is 2. The number of nitrogens with one attached hydrogen (secondary N) is 1. The predicted molar refractivity (Wildman–Crippen MR) is 105 cm³/mol. The monoisotopic (exact) mass is 371 g/mol. The Morgan fingerprint density at radius 2 is 1.88 bits per heavy atom. The van der Waals surface area contributed by atoms with E-state index in [-0.39, 0.29) is 30.3 Å². The zero-order chi connectivity index (χ0) is 17.4. The fraction of sp³-hybridized carbons (Fsp3) is 0.300. The predicted octanol–water partition coefficient (Wildman–Crippen LogP) is 3.30. The van der Waals surface area contributed by atoms with Gasteiger partial charge in [-0.2, -0.15) is 0 Å². The molecule has 2 atom stereocenters. The lowest BCUT2D eigenvalue weighted by atomic mass is 10.1. The number of rotatable bonds is 4. The average molecular weight is 372 g/mol. The van der Waals surface area contributed by atoms with Crippen LogP contribution in [0.2, 0.25) is 0 Å². The lowest BCUT2D eigenvalue weighted by Crippen LogP contribution is -2.23. The van der Waals surface area contributed by atoms with E-state index in [2.05, 4.69) is 5.32 Å². The summed E-state index contributed by atoms with van der Waals surface area (Å²) in [4.78, 5) is 26.0. The summed E-state index contributed by atoms with van der Waals surface area (Å²) in [6, 6.07) is 15.3. The summed E-state index contributed by atoms with van der Waals surface area (Å²) in [6.45, 7) is 0.765. The molecule has 6 heteroatoms. The zero-order valence-corrected chi connectivity index (χ0v) is 15.2. The number of nitrogens with zero attached hydrogens (tertiary/aromatic N) is 1. The first-order valence-electron chi connectivity index (χ1n) is 8.69. The van der Waals surface area contributed by atoms with E-state index in [1.54, 1.807) is 4.90 Å². The maximum Gasteiger partial charge on any atom is 0.255 e. The Bertz CT molecular complexity index is 822. The Balaban J connectivity index is 0.00000196. The molecule has 2 fully saturated rings. The van der Waals surface area contributed by atoms with E-state index in [0.717, 1.165) is 30.6 Å². The number of carbonyl (C=O) groups is 2. The van der Waals surface area contributed by atoms with E-state index in [9.17, 15) is 9.59 Å². The fourth-order valence-corrected chi connectivity index (χ4v) is 3.36. The van der Waals surface area contributed by atoms with Crippen LogP contribution in [0.15, 0.2) is 48.5 Å². The standard InChI is InChI=1S/C20H21N3O2.ClH/c21-18-12-17(18)13-3-1-4-14(11-13)20(25)22-15-6-8-16(9-7-15)23-10-2-5-19(23)24;/h1,3-4,6-9,11,17-18H,2,5,10,12,21H2,(H,22,25);1H. The molecule has 1 saturated heterocycles. The molecule has 0 aromatic heterocycles. The molecule has 3 N–H and O–H groups in total. The molecule has 1 aliphatic carbocycles. The number of anilines is 2. The minimum Gasteiger partial charge on any atom is -0.327 e. The molecule has 2 unspecified atom stereocenters. The molecule has 0 spiro atoms. The second-order valence-electron chi connectivity index (χ2n) is 6.78. The van der Waals surface area contributed by atoms with Crippen molar-refractivity contribution in [2.24, 2.45) is 5.73 Å². The van der Waals surface area contributed by atoms with Crippen molar-refractivity contribution in [3.63, 3.8) is 0 Å². The topological polar surface area (TPSA) is 75.4 Å². The lowest BCUT2D eigenvalue weighted by molar-refractivity contribution is -0.117. The largest absolute Gasteiger partial charge is 0.327 e. The normalized spacial score (nSPS) is 21.3. The van der Waals surface area contributed by atoms with Crippen LogP contribution in [0.1, 0.15) is 41.1 Å². The van der Waals surface area contributed by atoms with Gasteiger partial charge < -0.3 is 16.0 Å². The van der Waals surface area contributed by atoms with Crippen LogP contribution in [-0.4, -0.2) is 24.4 Å². The van der Waals surface area contributed by atoms with Crippen molar-refractivity contribution < 1.29 is 9.59 Å². The summed E-state index contributed by atoms with van der Waals surface area (Å²) in [5.41, 5.74) is 9.25. The van der Waals surface area contributed by atoms with Gasteiger partial charge in [-0.05, 0) is 54.8 Å². The second-order valence-corrected chi connectivity index (χ2v) is 6.78. The van der Waals surface area contributed by atoms with E-state index in [0.29, 0.717) is 23.6 Å². The van der Waals surface area contributed by atoms with Gasteiger partial charge in [0.25, 0.3) is 5.91 Å². The minimum atomic E-state index is -0.138. The van der Waals surface area contributed by atoms with Crippen LogP contribution < -0.4 is 16.0 Å². The number of hydrogen-bond acceptors (Lipinski definition) is 3. The Morgan fingerprint density at radius 3 is 2.50 bits per heavy atom. The maximum atomic E-state index is 12.5. The molecule has 4 rings (SSSR count). The van der Waals surface area contributed by atoms with E-state index in [1.807, 2.05) is 48.5 Å². The van der Waals surface area contributed by atoms with Crippen molar-refractivity contribution >= 4 is 35.6 Å². The molecule has 2 aromatic carbocycles. The molecule has 0 radical (unpaired) electrons. The van der Waals surface area contributed by atoms with Crippen molar-refractivity contribution in [1.29, 1.82) is 0 Å². The Morgan fingerprint density at radius 1 is 1.15 bits per heavy atom. The molecular formula is C20H22ClN3O2. The van der Waals surface area contributed by atoms with Crippen molar-refractivity contribution in [2.45, 2.75) is 31.2 Å². The highest BCUT2D eigenvalue weighted by Gasteiger charge is 2.34. The molecule has 1 aliphatic heterocycles. The number of hydrogen-bond donors (Lipinski definition) is 2. The van der Waals surface area contributed by atoms with Gasteiger partial charge in [0.2, 0.25) is 5.91 Å². The number of carbonyl (C=O) groups excluding carboxylic acids is 2. The maximum absolute atomic E-state index is 12.5. The van der Waals surface area contributed by atoms with Gasteiger partial charge in [0, 0.05) is 41.9 Å². The summed E-state index contributed by atoms with van der Waals surface area (Å²) in [5.74, 6) is 0.401. The third-order valence-electron chi connectivity index (χ3n) is 4.93. The van der Waals surface area contributed by atoms with Crippen LogP contribution in [0.25, 0.3) is 0 Å². The quantitative estimate of drug-likeness (QED) is 0.865. The first-order chi connectivity index (χ1) is 12.1. The highest BCUT2D eigenvalue weighted by molar-refractivity contribution is 6.04. The minimum absolute atomic E-state index is 0. The Labute approximate surface area is 159 Å². The van der Waals surface area contributed by atoms with E-state index in [1.165, 1.54) is 0 Å². The van der Waals surface area contributed by atoms with E-state index < -0.39 is 0 Å². The van der Waals surface area contributed by atoms with Crippen molar-refractivity contribution in [3.8, 4) is 0 Å². The molecule has 0 bridgehead atoms. The van der Waals surface area contributed by atoms with Crippen LogP contribution in [0.5, 0.6) is 0 Å². The third-order valence-corrected chi connectivity index (χ3v) is 4.93. The first-order valence-corrected chi connectivity index (χ1v) is 8.69. The SMILES string of the molecule is Cl.NC1CC1c1cccc(C(=O)Nc2ccc(N3CCCC3=O)cc2)c1. The van der Waals surface area contributed by atoms with Gasteiger partial charge in [-0.25, -0.2) is 0 Å².